The van der Waals surface area contributed by atoms with Gasteiger partial charge in [-0.3, -0.25) is 4.31 Å². The Bertz CT molecular complexity index is 1490. The van der Waals surface area contributed by atoms with Gasteiger partial charge in [-0.05, 0) is 43.9 Å². The number of aromatic amines is 1. The zero-order valence-corrected chi connectivity index (χ0v) is 21.5. The fourth-order valence-electron chi connectivity index (χ4n) is 4.05. The summed E-state index contributed by atoms with van der Waals surface area (Å²) in [4.78, 5) is 9.89. The second-order valence-corrected chi connectivity index (χ2v) is 10.8. The van der Waals surface area contributed by atoms with Crippen LogP contribution >= 0.6 is 0 Å². The Hall–Kier alpha value is -3.66. The van der Waals surface area contributed by atoms with E-state index in [9.17, 15) is 13.5 Å². The molecule has 1 heterocycles. The van der Waals surface area contributed by atoms with E-state index in [0.717, 1.165) is 22.0 Å². The molecule has 0 saturated carbocycles. The molecule has 188 valence electrons. The lowest BCUT2D eigenvalue weighted by atomic mass is 9.99. The van der Waals surface area contributed by atoms with Crippen LogP contribution in [-0.4, -0.2) is 62.6 Å². The fourth-order valence-corrected chi connectivity index (χ4v) is 4.96. The van der Waals surface area contributed by atoms with Gasteiger partial charge in [-0.1, -0.05) is 48.5 Å². The van der Waals surface area contributed by atoms with Crippen LogP contribution in [0.1, 0.15) is 16.7 Å². The highest BCUT2D eigenvalue weighted by Gasteiger charge is 2.20. The third-order valence-electron chi connectivity index (χ3n) is 5.90. The van der Waals surface area contributed by atoms with Crippen LogP contribution in [0.25, 0.3) is 10.9 Å². The van der Waals surface area contributed by atoms with Crippen LogP contribution in [0.3, 0.4) is 0 Å². The van der Waals surface area contributed by atoms with E-state index < -0.39 is 10.0 Å². The Morgan fingerprint density at radius 3 is 2.39 bits per heavy atom. The normalized spacial score (nSPS) is 12.4. The highest BCUT2D eigenvalue weighted by atomic mass is 32.2. The number of aliphatic imine (C=N–C) groups is 1. The molecule has 0 bridgehead atoms. The summed E-state index contributed by atoms with van der Waals surface area (Å²) in [7, 11) is 0.304. The van der Waals surface area contributed by atoms with Crippen LogP contribution in [0.4, 0.5) is 11.4 Å². The van der Waals surface area contributed by atoms with E-state index in [1.165, 1.54) is 10.6 Å². The molecule has 0 saturated heterocycles. The molecule has 0 spiro atoms. The minimum Gasteiger partial charge on any atom is -0.494 e. The SMILES string of the molecule is CN(C)CCN(c1cccc(N=C(c2ccc(CN)cc2)c2c(O)[nH]c3ccccc23)c1)S(C)(=O)=O. The van der Waals surface area contributed by atoms with Crippen molar-refractivity contribution in [3.63, 3.8) is 0 Å². The van der Waals surface area contributed by atoms with E-state index in [2.05, 4.69) is 4.98 Å². The Morgan fingerprint density at radius 1 is 1.00 bits per heavy atom. The zero-order valence-electron chi connectivity index (χ0n) is 20.6. The maximum absolute atomic E-state index is 12.6. The van der Waals surface area contributed by atoms with Crippen molar-refractivity contribution in [1.29, 1.82) is 0 Å². The second kappa shape index (κ2) is 10.5. The van der Waals surface area contributed by atoms with Crippen molar-refractivity contribution in [2.24, 2.45) is 10.7 Å². The molecule has 9 heteroatoms. The minimum atomic E-state index is -3.50. The molecule has 8 nitrogen and oxygen atoms in total. The topological polar surface area (TPSA) is 115 Å². The molecule has 0 aliphatic heterocycles. The van der Waals surface area contributed by atoms with E-state index in [0.29, 0.717) is 42.3 Å². The van der Waals surface area contributed by atoms with Gasteiger partial charge in [-0.25, -0.2) is 13.4 Å². The van der Waals surface area contributed by atoms with Gasteiger partial charge in [0.25, 0.3) is 0 Å². The molecule has 1 aromatic heterocycles. The van der Waals surface area contributed by atoms with Crippen LogP contribution in [0, 0.1) is 0 Å². The molecule has 0 atom stereocenters. The molecule has 0 unspecified atom stereocenters. The molecular weight excluding hydrogens is 474 g/mol. The van der Waals surface area contributed by atoms with Crippen molar-refractivity contribution < 1.29 is 13.5 Å². The number of sulfonamides is 1. The summed E-state index contributed by atoms with van der Waals surface area (Å²) in [6.07, 6.45) is 1.20. The summed E-state index contributed by atoms with van der Waals surface area (Å²) < 4.78 is 26.5. The number of likely N-dealkylation sites (N-methyl/N-ethyl adjacent to an activating group) is 1. The number of nitrogens with zero attached hydrogens (tertiary/aromatic N) is 3. The Labute approximate surface area is 211 Å². The first-order chi connectivity index (χ1) is 17.2. The monoisotopic (exact) mass is 505 g/mol. The average Bonchev–Trinajstić information content (AvgIpc) is 3.17. The number of H-pyrrole nitrogens is 1. The summed E-state index contributed by atoms with van der Waals surface area (Å²) in [5, 5.41) is 11.7. The van der Waals surface area contributed by atoms with Gasteiger partial charge in [-0.15, -0.1) is 0 Å². The van der Waals surface area contributed by atoms with Crippen molar-refractivity contribution >= 4 is 38.0 Å². The molecule has 0 fully saturated rings. The number of anilines is 1. The van der Waals surface area contributed by atoms with Gasteiger partial charge in [0.15, 0.2) is 5.88 Å². The van der Waals surface area contributed by atoms with E-state index in [-0.39, 0.29) is 5.88 Å². The number of aromatic nitrogens is 1. The number of rotatable bonds is 9. The Morgan fingerprint density at radius 2 is 1.72 bits per heavy atom. The van der Waals surface area contributed by atoms with Gasteiger partial charge < -0.3 is 20.7 Å². The van der Waals surface area contributed by atoms with E-state index in [1.807, 2.05) is 73.6 Å². The van der Waals surface area contributed by atoms with Gasteiger partial charge in [0.2, 0.25) is 10.0 Å². The summed E-state index contributed by atoms with van der Waals surface area (Å²) in [6, 6.07) is 22.4. The predicted octanol–water partition coefficient (Wildman–Crippen LogP) is 3.83. The third-order valence-corrected chi connectivity index (χ3v) is 7.09. The molecule has 0 radical (unpaired) electrons. The third kappa shape index (κ3) is 5.59. The number of benzene rings is 3. The smallest absolute Gasteiger partial charge is 0.232 e. The first kappa shape index (κ1) is 25.4. The van der Waals surface area contributed by atoms with Gasteiger partial charge in [-0.2, -0.15) is 0 Å². The van der Waals surface area contributed by atoms with Gasteiger partial charge >= 0.3 is 0 Å². The molecule has 4 N–H and O–H groups in total. The van der Waals surface area contributed by atoms with Gasteiger partial charge in [0, 0.05) is 36.1 Å². The lowest BCUT2D eigenvalue weighted by Gasteiger charge is -2.24. The lowest BCUT2D eigenvalue weighted by molar-refractivity contribution is 0.419. The molecule has 36 heavy (non-hydrogen) atoms. The number of nitrogens with two attached hydrogens (primary N) is 1. The van der Waals surface area contributed by atoms with Gasteiger partial charge in [0.1, 0.15) is 0 Å². The maximum atomic E-state index is 12.6. The molecule has 0 amide bonds. The summed E-state index contributed by atoms with van der Waals surface area (Å²) in [6.45, 7) is 1.31. The number of nitrogens with one attached hydrogen (secondary N) is 1. The minimum absolute atomic E-state index is 0.0118. The van der Waals surface area contributed by atoms with E-state index in [1.54, 1.807) is 18.2 Å². The van der Waals surface area contributed by atoms with Crippen molar-refractivity contribution in [2.75, 3.05) is 37.7 Å². The first-order valence-electron chi connectivity index (χ1n) is 11.6. The molecule has 3 aromatic carbocycles. The largest absolute Gasteiger partial charge is 0.494 e. The quantitative estimate of drug-likeness (QED) is 0.299. The summed E-state index contributed by atoms with van der Waals surface area (Å²) in [5.74, 6) is 0.0118. The van der Waals surface area contributed by atoms with Crippen LogP contribution < -0.4 is 10.0 Å². The zero-order chi connectivity index (χ0) is 25.9. The van der Waals surface area contributed by atoms with Crippen LogP contribution in [0.15, 0.2) is 77.8 Å². The number of aromatic hydroxyl groups is 1. The van der Waals surface area contributed by atoms with Crippen molar-refractivity contribution in [3.8, 4) is 5.88 Å². The van der Waals surface area contributed by atoms with E-state index >= 15 is 0 Å². The van der Waals surface area contributed by atoms with Crippen LogP contribution in [0.5, 0.6) is 5.88 Å². The molecule has 4 aromatic rings. The summed E-state index contributed by atoms with van der Waals surface area (Å²) >= 11 is 0. The highest BCUT2D eigenvalue weighted by molar-refractivity contribution is 7.92. The second-order valence-electron chi connectivity index (χ2n) is 8.91. The lowest BCUT2D eigenvalue weighted by Crippen LogP contribution is -2.35. The van der Waals surface area contributed by atoms with Crippen LogP contribution in [0.2, 0.25) is 0 Å². The number of hydrogen-bond donors (Lipinski definition) is 3. The first-order valence-corrected chi connectivity index (χ1v) is 13.4. The number of para-hydroxylation sites is 1. The predicted molar refractivity (Wildman–Crippen MR) is 147 cm³/mol. The number of hydrogen-bond acceptors (Lipinski definition) is 6. The Balaban J connectivity index is 1.87. The van der Waals surface area contributed by atoms with Crippen molar-refractivity contribution in [3.05, 3.63) is 89.5 Å². The standard InChI is InChI=1S/C27H31N5O3S/c1-31(2)15-16-32(36(3,34)35)22-8-6-7-21(17-22)29-26(20-13-11-19(18-28)12-14-20)25-23-9-4-5-10-24(23)30-27(25)33/h4-14,17,30,33H,15-16,18,28H2,1-3H3. The van der Waals surface area contributed by atoms with Gasteiger partial charge in [0.05, 0.1) is 28.9 Å². The van der Waals surface area contributed by atoms with E-state index in [4.69, 9.17) is 10.7 Å². The average molecular weight is 506 g/mol. The van der Waals surface area contributed by atoms with Crippen molar-refractivity contribution in [1.82, 2.24) is 9.88 Å². The Kier molecular flexibility index (Phi) is 7.44. The molecule has 0 aliphatic carbocycles. The molecule has 4 rings (SSSR count). The molecule has 0 aliphatic rings. The number of fused-ring (bicyclic) bond motifs is 1. The van der Waals surface area contributed by atoms with Crippen molar-refractivity contribution in [2.45, 2.75) is 6.54 Å². The fraction of sp³-hybridized carbons (Fsp3) is 0.222. The maximum Gasteiger partial charge on any atom is 0.232 e. The highest BCUT2D eigenvalue weighted by Crippen LogP contribution is 2.32. The van der Waals surface area contributed by atoms with Crippen LogP contribution in [-0.2, 0) is 16.6 Å². The summed E-state index contributed by atoms with van der Waals surface area (Å²) in [5.41, 5.74) is 10.6. The molecular formula is C27H31N5O3S.